The number of carbonyl (C=O) groups is 1. The Balaban J connectivity index is 1.22. The van der Waals surface area contributed by atoms with Gasteiger partial charge in [-0.25, -0.2) is 4.98 Å². The summed E-state index contributed by atoms with van der Waals surface area (Å²) in [4.78, 5) is 17.5. The number of aromatic nitrogens is 1. The Morgan fingerprint density at radius 2 is 2.35 bits per heavy atom. The molecule has 1 fully saturated rings. The van der Waals surface area contributed by atoms with Crippen LogP contribution in [-0.2, 0) is 22.4 Å². The van der Waals surface area contributed by atoms with Gasteiger partial charge in [-0.05, 0) is 45.4 Å². The number of unbranched alkanes of at least 4 members (excludes halogenated alkanes) is 1. The average molecular weight is 416 g/mol. The highest BCUT2D eigenvalue weighted by Gasteiger charge is 2.29. The Morgan fingerprint density at radius 1 is 1.46 bits per heavy atom. The summed E-state index contributed by atoms with van der Waals surface area (Å²) < 4.78 is 5.78. The number of rotatable bonds is 9. The SMILES string of the molecule is C[C@]1(CCCCC(=O)OCCN[C@@H]2CCc3nc(N)sc3C2)CCSS1. The molecule has 1 aromatic heterocycles. The molecule has 1 saturated heterocycles. The fourth-order valence-electron chi connectivity index (χ4n) is 3.49. The molecule has 1 aromatic rings. The standard InChI is InChI=1S/C18H29N3O2S3/c1-18(8-11-24-26-18)7-3-2-4-16(22)23-10-9-20-13-5-6-14-15(12-13)25-17(19)21-14/h13,20H,2-12H2,1H3,(H2,19,21)/t13-,18+/m1/s1. The second-order valence-corrected chi connectivity index (χ2v) is 11.5. The summed E-state index contributed by atoms with van der Waals surface area (Å²) in [6, 6.07) is 0.434. The number of thiazole rings is 1. The molecule has 2 heterocycles. The van der Waals surface area contributed by atoms with Crippen LogP contribution in [0, 0.1) is 0 Å². The van der Waals surface area contributed by atoms with E-state index < -0.39 is 0 Å². The van der Waals surface area contributed by atoms with Gasteiger partial charge in [-0.1, -0.05) is 28.0 Å². The Hall–Kier alpha value is -0.440. The van der Waals surface area contributed by atoms with Gasteiger partial charge in [0.2, 0.25) is 0 Å². The highest BCUT2D eigenvalue weighted by Crippen LogP contribution is 2.49. The van der Waals surface area contributed by atoms with E-state index in [9.17, 15) is 4.79 Å². The van der Waals surface area contributed by atoms with Gasteiger partial charge in [0.05, 0.1) is 5.69 Å². The van der Waals surface area contributed by atoms with Crippen LogP contribution in [0.2, 0.25) is 0 Å². The summed E-state index contributed by atoms with van der Waals surface area (Å²) in [5, 5.41) is 4.16. The number of anilines is 1. The number of carbonyl (C=O) groups excluding carboxylic acids is 1. The minimum Gasteiger partial charge on any atom is -0.464 e. The summed E-state index contributed by atoms with van der Waals surface area (Å²) in [6.07, 6.45) is 8.11. The minimum absolute atomic E-state index is 0.0634. The number of hydrogen-bond donors (Lipinski definition) is 2. The smallest absolute Gasteiger partial charge is 0.305 e. The van der Waals surface area contributed by atoms with Gasteiger partial charge < -0.3 is 15.8 Å². The number of hydrogen-bond acceptors (Lipinski definition) is 8. The van der Waals surface area contributed by atoms with Gasteiger partial charge in [0.1, 0.15) is 6.61 Å². The van der Waals surface area contributed by atoms with Gasteiger partial charge in [0.15, 0.2) is 5.13 Å². The third-order valence-corrected chi connectivity index (χ3v) is 9.37. The molecule has 0 amide bonds. The summed E-state index contributed by atoms with van der Waals surface area (Å²) in [6.45, 7) is 3.51. The van der Waals surface area contributed by atoms with Crippen LogP contribution in [0.1, 0.15) is 56.0 Å². The fourth-order valence-corrected chi connectivity index (χ4v) is 7.74. The van der Waals surface area contributed by atoms with Crippen LogP contribution in [-0.4, -0.2) is 40.6 Å². The number of nitrogens with two attached hydrogens (primary N) is 1. The summed E-state index contributed by atoms with van der Waals surface area (Å²) >= 11 is 1.60. The first-order chi connectivity index (χ1) is 12.5. The molecular weight excluding hydrogens is 386 g/mol. The normalized spacial score (nSPS) is 25.2. The van der Waals surface area contributed by atoms with Crippen molar-refractivity contribution in [3.8, 4) is 0 Å². The zero-order chi connectivity index (χ0) is 18.4. The molecule has 0 unspecified atom stereocenters. The monoisotopic (exact) mass is 415 g/mol. The van der Waals surface area contributed by atoms with Crippen LogP contribution < -0.4 is 11.1 Å². The Morgan fingerprint density at radius 3 is 3.15 bits per heavy atom. The van der Waals surface area contributed by atoms with Crippen LogP contribution >= 0.6 is 32.9 Å². The molecule has 2 atom stereocenters. The summed E-state index contributed by atoms with van der Waals surface area (Å²) in [5.41, 5.74) is 6.95. The van der Waals surface area contributed by atoms with Crippen molar-refractivity contribution in [3.05, 3.63) is 10.6 Å². The maximum atomic E-state index is 11.9. The second kappa shape index (κ2) is 9.66. The lowest BCUT2D eigenvalue weighted by Crippen LogP contribution is -2.36. The minimum atomic E-state index is -0.0634. The molecule has 1 aliphatic heterocycles. The fraction of sp³-hybridized carbons (Fsp3) is 0.778. The van der Waals surface area contributed by atoms with Crippen molar-refractivity contribution in [2.75, 3.05) is 24.6 Å². The van der Waals surface area contributed by atoms with E-state index in [1.54, 1.807) is 11.3 Å². The van der Waals surface area contributed by atoms with E-state index in [1.807, 2.05) is 21.6 Å². The van der Waals surface area contributed by atoms with Crippen LogP contribution in [0.15, 0.2) is 0 Å². The van der Waals surface area contributed by atoms with E-state index in [2.05, 4.69) is 17.2 Å². The highest BCUT2D eigenvalue weighted by atomic mass is 33.1. The number of nitrogens with one attached hydrogen (secondary N) is 1. The largest absolute Gasteiger partial charge is 0.464 e. The van der Waals surface area contributed by atoms with Crippen LogP contribution in [0.5, 0.6) is 0 Å². The van der Waals surface area contributed by atoms with E-state index in [1.165, 1.54) is 29.2 Å². The number of nitrogens with zero attached hydrogens (tertiary/aromatic N) is 1. The van der Waals surface area contributed by atoms with Crippen molar-refractivity contribution in [2.24, 2.45) is 0 Å². The van der Waals surface area contributed by atoms with Crippen LogP contribution in [0.4, 0.5) is 5.13 Å². The molecule has 1 aliphatic carbocycles. The first-order valence-electron chi connectivity index (χ1n) is 9.48. The second-order valence-electron chi connectivity index (χ2n) is 7.35. The van der Waals surface area contributed by atoms with Crippen molar-refractivity contribution in [1.29, 1.82) is 0 Å². The highest BCUT2D eigenvalue weighted by molar-refractivity contribution is 8.77. The summed E-state index contributed by atoms with van der Waals surface area (Å²) in [5.74, 6) is 1.20. The van der Waals surface area contributed by atoms with Crippen molar-refractivity contribution < 1.29 is 9.53 Å². The topological polar surface area (TPSA) is 77.2 Å². The Kier molecular flexibility index (Phi) is 7.54. The van der Waals surface area contributed by atoms with Crippen molar-refractivity contribution in [2.45, 2.75) is 69.1 Å². The summed E-state index contributed by atoms with van der Waals surface area (Å²) in [7, 11) is 3.99. The number of aryl methyl sites for hydroxylation is 1. The van der Waals surface area contributed by atoms with Crippen molar-refractivity contribution in [1.82, 2.24) is 10.3 Å². The van der Waals surface area contributed by atoms with Crippen molar-refractivity contribution in [3.63, 3.8) is 0 Å². The Labute approximate surface area is 168 Å². The molecular formula is C18H29N3O2S3. The van der Waals surface area contributed by atoms with E-state index in [0.29, 0.717) is 35.5 Å². The lowest BCUT2D eigenvalue weighted by Gasteiger charge is -2.22. The predicted molar refractivity (Wildman–Crippen MR) is 113 cm³/mol. The molecule has 0 spiro atoms. The maximum Gasteiger partial charge on any atom is 0.305 e. The zero-order valence-corrected chi connectivity index (χ0v) is 17.9. The van der Waals surface area contributed by atoms with Gasteiger partial charge in [0.25, 0.3) is 0 Å². The third-order valence-electron chi connectivity index (χ3n) is 5.07. The van der Waals surface area contributed by atoms with E-state index >= 15 is 0 Å². The molecule has 8 heteroatoms. The van der Waals surface area contributed by atoms with Crippen LogP contribution in [0.3, 0.4) is 0 Å². The molecule has 0 saturated carbocycles. The van der Waals surface area contributed by atoms with E-state index in [0.717, 1.165) is 32.1 Å². The average Bonchev–Trinajstić information content (AvgIpc) is 3.20. The van der Waals surface area contributed by atoms with Gasteiger partial charge in [-0.3, -0.25) is 4.79 Å². The van der Waals surface area contributed by atoms with Gasteiger partial charge >= 0.3 is 5.97 Å². The Bertz CT molecular complexity index is 603. The van der Waals surface area contributed by atoms with Gasteiger partial charge in [-0.2, -0.15) is 0 Å². The van der Waals surface area contributed by atoms with E-state index in [4.69, 9.17) is 10.5 Å². The zero-order valence-electron chi connectivity index (χ0n) is 15.4. The first kappa shape index (κ1) is 20.3. The predicted octanol–water partition coefficient (Wildman–Crippen LogP) is 3.82. The molecule has 0 bridgehead atoms. The number of fused-ring (bicyclic) bond motifs is 1. The maximum absolute atomic E-state index is 11.9. The van der Waals surface area contributed by atoms with Crippen LogP contribution in [0.25, 0.3) is 0 Å². The molecule has 26 heavy (non-hydrogen) atoms. The lowest BCUT2D eigenvalue weighted by molar-refractivity contribution is -0.143. The third kappa shape index (κ3) is 6.04. The first-order valence-corrected chi connectivity index (χ1v) is 12.6. The molecule has 3 rings (SSSR count). The number of nitrogen functional groups attached to an aromatic ring is 1. The van der Waals surface area contributed by atoms with E-state index in [-0.39, 0.29) is 5.97 Å². The van der Waals surface area contributed by atoms with Gasteiger partial charge in [-0.15, -0.1) is 11.3 Å². The number of ether oxygens (including phenoxy) is 1. The molecule has 3 N–H and O–H groups in total. The number of esters is 1. The molecule has 0 radical (unpaired) electrons. The van der Waals surface area contributed by atoms with Gasteiger partial charge in [0, 0.05) is 34.4 Å². The molecule has 0 aromatic carbocycles. The lowest BCUT2D eigenvalue weighted by atomic mass is 9.98. The molecule has 5 nitrogen and oxygen atoms in total. The van der Waals surface area contributed by atoms with Crippen molar-refractivity contribution >= 4 is 44.0 Å². The molecule has 146 valence electrons. The quantitative estimate of drug-likeness (QED) is 0.361. The molecule has 2 aliphatic rings.